The topological polar surface area (TPSA) is 38.3 Å². The molecular formula is C16H16ClNO2. The van der Waals surface area contributed by atoms with E-state index in [1.54, 1.807) is 31.4 Å². The Balaban J connectivity index is 2.23. The molecule has 0 aromatic heterocycles. The van der Waals surface area contributed by atoms with Gasteiger partial charge in [0.15, 0.2) is 0 Å². The molecule has 0 saturated carbocycles. The molecule has 0 aliphatic rings. The molecule has 0 atom stereocenters. The van der Waals surface area contributed by atoms with Crippen molar-refractivity contribution in [3.8, 4) is 5.75 Å². The third kappa shape index (κ3) is 3.11. The van der Waals surface area contributed by atoms with Gasteiger partial charge in [-0.1, -0.05) is 17.7 Å². The van der Waals surface area contributed by atoms with Gasteiger partial charge in [-0.2, -0.15) is 0 Å². The first-order valence-electron chi connectivity index (χ1n) is 6.23. The normalized spacial score (nSPS) is 10.2. The number of amides is 1. The van der Waals surface area contributed by atoms with Gasteiger partial charge in [0.1, 0.15) is 5.75 Å². The smallest absolute Gasteiger partial charge is 0.255 e. The number of carbonyl (C=O) groups is 1. The molecule has 0 bridgehead atoms. The highest BCUT2D eigenvalue weighted by Crippen LogP contribution is 2.27. The van der Waals surface area contributed by atoms with Crippen molar-refractivity contribution in [3.63, 3.8) is 0 Å². The number of ether oxygens (including phenoxy) is 1. The molecule has 0 unspecified atom stereocenters. The van der Waals surface area contributed by atoms with Gasteiger partial charge >= 0.3 is 0 Å². The van der Waals surface area contributed by atoms with Crippen molar-refractivity contribution in [1.29, 1.82) is 0 Å². The van der Waals surface area contributed by atoms with E-state index >= 15 is 0 Å². The predicted octanol–water partition coefficient (Wildman–Crippen LogP) is 4.22. The van der Waals surface area contributed by atoms with Gasteiger partial charge in [-0.3, -0.25) is 4.79 Å². The second kappa shape index (κ2) is 5.97. The van der Waals surface area contributed by atoms with E-state index in [4.69, 9.17) is 16.3 Å². The molecule has 2 aromatic rings. The molecule has 0 aliphatic heterocycles. The second-order valence-electron chi connectivity index (χ2n) is 4.62. The molecule has 0 spiro atoms. The number of benzene rings is 2. The molecule has 0 aliphatic carbocycles. The third-order valence-corrected chi connectivity index (χ3v) is 3.32. The molecular weight excluding hydrogens is 274 g/mol. The minimum Gasteiger partial charge on any atom is -0.497 e. The number of hydrogen-bond donors (Lipinski definition) is 1. The molecule has 4 heteroatoms. The predicted molar refractivity (Wildman–Crippen MR) is 81.9 cm³/mol. The summed E-state index contributed by atoms with van der Waals surface area (Å²) in [7, 11) is 1.59. The fourth-order valence-electron chi connectivity index (χ4n) is 2.00. The van der Waals surface area contributed by atoms with Crippen molar-refractivity contribution < 1.29 is 9.53 Å². The van der Waals surface area contributed by atoms with Crippen LogP contribution in [0.4, 0.5) is 5.69 Å². The molecule has 3 nitrogen and oxygen atoms in total. The van der Waals surface area contributed by atoms with Crippen molar-refractivity contribution >= 4 is 23.2 Å². The maximum atomic E-state index is 12.2. The Morgan fingerprint density at radius 3 is 2.35 bits per heavy atom. The number of aryl methyl sites for hydroxylation is 2. The third-order valence-electron chi connectivity index (χ3n) is 3.02. The zero-order chi connectivity index (χ0) is 14.7. The number of nitrogens with one attached hydrogen (secondary N) is 1. The number of hydrogen-bond acceptors (Lipinski definition) is 2. The summed E-state index contributed by atoms with van der Waals surface area (Å²) >= 11 is 6.18. The molecule has 2 rings (SSSR count). The van der Waals surface area contributed by atoms with Crippen LogP contribution in [0.15, 0.2) is 36.4 Å². The van der Waals surface area contributed by atoms with Crippen LogP contribution in [0.2, 0.25) is 5.02 Å². The first-order chi connectivity index (χ1) is 9.51. The highest BCUT2D eigenvalue weighted by Gasteiger charge is 2.11. The summed E-state index contributed by atoms with van der Waals surface area (Å²) in [5.41, 5.74) is 3.21. The molecule has 20 heavy (non-hydrogen) atoms. The molecule has 1 N–H and O–H groups in total. The van der Waals surface area contributed by atoms with Crippen LogP contribution in [-0.2, 0) is 0 Å². The standard InChI is InChI=1S/C16H16ClNO2/c1-10-8-11(2)15(14(17)9-10)18-16(19)12-4-6-13(20-3)7-5-12/h4-9H,1-3H3,(H,18,19). The minimum absolute atomic E-state index is 0.193. The van der Waals surface area contributed by atoms with Crippen molar-refractivity contribution in [2.24, 2.45) is 0 Å². The van der Waals surface area contributed by atoms with E-state index in [0.29, 0.717) is 22.0 Å². The van der Waals surface area contributed by atoms with E-state index in [1.165, 1.54) is 0 Å². The monoisotopic (exact) mass is 289 g/mol. The Labute approximate surface area is 123 Å². The van der Waals surface area contributed by atoms with E-state index in [9.17, 15) is 4.79 Å². The summed E-state index contributed by atoms with van der Waals surface area (Å²) in [6, 6.07) is 10.7. The minimum atomic E-state index is -0.193. The van der Waals surface area contributed by atoms with Gasteiger partial charge < -0.3 is 10.1 Å². The SMILES string of the molecule is COc1ccc(C(=O)Nc2c(C)cc(C)cc2Cl)cc1. The zero-order valence-corrected chi connectivity index (χ0v) is 12.4. The molecule has 2 aromatic carbocycles. The average Bonchev–Trinajstić information content (AvgIpc) is 2.42. The summed E-state index contributed by atoms with van der Waals surface area (Å²) in [4.78, 5) is 12.2. The van der Waals surface area contributed by atoms with E-state index < -0.39 is 0 Å². The highest BCUT2D eigenvalue weighted by molar-refractivity contribution is 6.34. The van der Waals surface area contributed by atoms with Gasteiger partial charge in [0, 0.05) is 5.56 Å². The summed E-state index contributed by atoms with van der Waals surface area (Å²) in [5.74, 6) is 0.521. The maximum Gasteiger partial charge on any atom is 0.255 e. The first-order valence-corrected chi connectivity index (χ1v) is 6.61. The van der Waals surface area contributed by atoms with E-state index in [0.717, 1.165) is 11.1 Å². The average molecular weight is 290 g/mol. The van der Waals surface area contributed by atoms with E-state index in [1.807, 2.05) is 26.0 Å². The van der Waals surface area contributed by atoms with Crippen molar-refractivity contribution in [1.82, 2.24) is 0 Å². The summed E-state index contributed by atoms with van der Waals surface area (Å²) in [5, 5.41) is 3.39. The first kappa shape index (κ1) is 14.4. The van der Waals surface area contributed by atoms with Crippen LogP contribution in [0.3, 0.4) is 0 Å². The highest BCUT2D eigenvalue weighted by atomic mass is 35.5. The molecule has 0 radical (unpaired) electrons. The van der Waals surface area contributed by atoms with Gasteiger partial charge in [-0.05, 0) is 55.3 Å². The Kier molecular flexibility index (Phi) is 4.30. The lowest BCUT2D eigenvalue weighted by Crippen LogP contribution is -2.13. The lowest BCUT2D eigenvalue weighted by atomic mass is 10.1. The second-order valence-corrected chi connectivity index (χ2v) is 5.03. The van der Waals surface area contributed by atoms with Gasteiger partial charge in [0.2, 0.25) is 0 Å². The van der Waals surface area contributed by atoms with Gasteiger partial charge in [-0.15, -0.1) is 0 Å². The largest absolute Gasteiger partial charge is 0.497 e. The molecule has 0 fully saturated rings. The van der Waals surface area contributed by atoms with Crippen LogP contribution in [-0.4, -0.2) is 13.0 Å². The van der Waals surface area contributed by atoms with Gasteiger partial charge in [0.05, 0.1) is 17.8 Å². The summed E-state index contributed by atoms with van der Waals surface area (Å²) < 4.78 is 5.07. The lowest BCUT2D eigenvalue weighted by Gasteiger charge is -2.11. The van der Waals surface area contributed by atoms with Gasteiger partial charge in [0.25, 0.3) is 5.91 Å². The number of anilines is 1. The lowest BCUT2D eigenvalue weighted by molar-refractivity contribution is 0.102. The van der Waals surface area contributed by atoms with Crippen molar-refractivity contribution in [3.05, 3.63) is 58.1 Å². The number of carbonyl (C=O) groups excluding carboxylic acids is 1. The van der Waals surface area contributed by atoms with Gasteiger partial charge in [-0.25, -0.2) is 0 Å². The number of rotatable bonds is 3. The Morgan fingerprint density at radius 1 is 1.15 bits per heavy atom. The van der Waals surface area contributed by atoms with Crippen LogP contribution in [0, 0.1) is 13.8 Å². The summed E-state index contributed by atoms with van der Waals surface area (Å²) in [6.07, 6.45) is 0. The maximum absolute atomic E-state index is 12.2. The van der Waals surface area contributed by atoms with Crippen LogP contribution in [0.25, 0.3) is 0 Å². The molecule has 1 amide bonds. The fourth-order valence-corrected chi connectivity index (χ4v) is 2.37. The van der Waals surface area contributed by atoms with E-state index in [-0.39, 0.29) is 5.91 Å². The van der Waals surface area contributed by atoms with Crippen LogP contribution < -0.4 is 10.1 Å². The van der Waals surface area contributed by atoms with E-state index in [2.05, 4.69) is 5.32 Å². The molecule has 0 heterocycles. The van der Waals surface area contributed by atoms with Crippen LogP contribution in [0.5, 0.6) is 5.75 Å². The fraction of sp³-hybridized carbons (Fsp3) is 0.188. The van der Waals surface area contributed by atoms with Crippen LogP contribution >= 0.6 is 11.6 Å². The number of methoxy groups -OCH3 is 1. The summed E-state index contributed by atoms with van der Waals surface area (Å²) in [6.45, 7) is 3.89. The molecule has 0 saturated heterocycles. The number of halogens is 1. The van der Waals surface area contributed by atoms with Crippen molar-refractivity contribution in [2.75, 3.05) is 12.4 Å². The Morgan fingerprint density at radius 2 is 1.80 bits per heavy atom. The Hall–Kier alpha value is -2.00. The van der Waals surface area contributed by atoms with Crippen molar-refractivity contribution in [2.45, 2.75) is 13.8 Å². The zero-order valence-electron chi connectivity index (χ0n) is 11.7. The Bertz CT molecular complexity index is 612. The quantitative estimate of drug-likeness (QED) is 0.919. The molecule has 104 valence electrons. The van der Waals surface area contributed by atoms with Crippen LogP contribution in [0.1, 0.15) is 21.5 Å².